The average Bonchev–Trinajstić information content (AvgIpc) is 2.88. The molecule has 1 N–H and O–H groups in total. The van der Waals surface area contributed by atoms with Crippen molar-refractivity contribution >= 4 is 23.2 Å². The first-order chi connectivity index (χ1) is 14.4. The maximum Gasteiger partial charge on any atom is 0.231 e. The Labute approximate surface area is 177 Å². The second-order valence-electron chi connectivity index (χ2n) is 8.29. The highest BCUT2D eigenvalue weighted by molar-refractivity contribution is 5.97. The van der Waals surface area contributed by atoms with Gasteiger partial charge in [-0.15, -0.1) is 0 Å². The summed E-state index contributed by atoms with van der Waals surface area (Å²) >= 11 is 0. The number of piperazine rings is 1. The Balaban J connectivity index is 1.35. The maximum atomic E-state index is 12.9. The van der Waals surface area contributed by atoms with E-state index in [1.165, 1.54) is 16.8 Å². The van der Waals surface area contributed by atoms with Crippen LogP contribution < -0.4 is 15.0 Å². The van der Waals surface area contributed by atoms with E-state index in [0.717, 1.165) is 18.7 Å². The Morgan fingerprint density at radius 3 is 2.63 bits per heavy atom. The van der Waals surface area contributed by atoms with Gasteiger partial charge in [-0.25, -0.2) is 0 Å². The normalized spacial score (nSPS) is 18.9. The first-order valence-corrected chi connectivity index (χ1v) is 10.6. The zero-order chi connectivity index (χ0) is 21.3. The van der Waals surface area contributed by atoms with Gasteiger partial charge in [-0.05, 0) is 55.7 Å². The smallest absolute Gasteiger partial charge is 0.231 e. The second-order valence-corrected chi connectivity index (χ2v) is 8.29. The van der Waals surface area contributed by atoms with Gasteiger partial charge in [-0.3, -0.25) is 9.59 Å². The lowest BCUT2D eigenvalue weighted by molar-refractivity contribution is -0.135. The van der Waals surface area contributed by atoms with Crippen LogP contribution >= 0.6 is 0 Å². The largest absolute Gasteiger partial charge is 0.491 e. The molecule has 1 fully saturated rings. The van der Waals surface area contributed by atoms with Gasteiger partial charge in [-0.1, -0.05) is 18.2 Å². The quantitative estimate of drug-likeness (QED) is 0.848. The number of fused-ring (bicyclic) bond motifs is 1. The third kappa shape index (κ3) is 4.13. The number of benzene rings is 2. The molecule has 0 bridgehead atoms. The minimum atomic E-state index is -0.484. The number of ether oxygens (including phenoxy) is 1. The van der Waals surface area contributed by atoms with Crippen molar-refractivity contribution in [2.45, 2.75) is 27.2 Å². The number of aryl methyl sites for hydroxylation is 2. The third-order valence-electron chi connectivity index (χ3n) is 6.17. The molecule has 0 aromatic heterocycles. The van der Waals surface area contributed by atoms with Gasteiger partial charge >= 0.3 is 0 Å². The van der Waals surface area contributed by atoms with Crippen molar-refractivity contribution in [2.24, 2.45) is 5.92 Å². The van der Waals surface area contributed by atoms with Crippen molar-refractivity contribution in [3.8, 4) is 5.75 Å². The minimum absolute atomic E-state index is 0.0153. The van der Waals surface area contributed by atoms with Crippen LogP contribution in [0.3, 0.4) is 0 Å². The zero-order valence-electron chi connectivity index (χ0n) is 17.9. The van der Waals surface area contributed by atoms with Crippen LogP contribution in [0.1, 0.15) is 23.1 Å². The number of hydrogen-bond donors (Lipinski definition) is 1. The standard InChI is InChI=1S/C24H29N3O3/c1-16-7-8-22-20(13-16)25-24(29)19(15-30-22)14-23(28)27-11-9-26(10-12-27)21-6-4-5-17(2)18(21)3/h4-8,13,19H,9-12,14-15H2,1-3H3,(H,25,29). The SMILES string of the molecule is Cc1ccc2c(c1)NC(=O)C(CC(=O)N1CCN(c3cccc(C)c3C)CC1)CO2. The van der Waals surface area contributed by atoms with Gasteiger partial charge in [0.1, 0.15) is 12.4 Å². The molecule has 1 unspecified atom stereocenters. The molecule has 158 valence electrons. The number of nitrogens with zero attached hydrogens (tertiary/aromatic N) is 2. The molecule has 2 amide bonds. The topological polar surface area (TPSA) is 61.9 Å². The van der Waals surface area contributed by atoms with E-state index in [1.54, 1.807) is 0 Å². The van der Waals surface area contributed by atoms with Crippen LogP contribution in [0.5, 0.6) is 5.75 Å². The fourth-order valence-corrected chi connectivity index (χ4v) is 4.13. The van der Waals surface area contributed by atoms with E-state index in [-0.39, 0.29) is 24.8 Å². The van der Waals surface area contributed by atoms with Crippen LogP contribution in [0, 0.1) is 26.7 Å². The molecule has 2 aliphatic heterocycles. The van der Waals surface area contributed by atoms with Crippen LogP contribution in [-0.2, 0) is 9.59 Å². The molecular weight excluding hydrogens is 378 g/mol. The minimum Gasteiger partial charge on any atom is -0.491 e. The summed E-state index contributed by atoms with van der Waals surface area (Å²) in [5, 5.41) is 2.92. The first kappa shape index (κ1) is 20.3. The predicted octanol–water partition coefficient (Wildman–Crippen LogP) is 3.30. The Bertz CT molecular complexity index is 964. The van der Waals surface area contributed by atoms with Crippen molar-refractivity contribution < 1.29 is 14.3 Å². The monoisotopic (exact) mass is 407 g/mol. The molecule has 0 aliphatic carbocycles. The lowest BCUT2D eigenvalue weighted by atomic mass is 10.0. The van der Waals surface area contributed by atoms with E-state index in [4.69, 9.17) is 4.74 Å². The molecule has 30 heavy (non-hydrogen) atoms. The van der Waals surface area contributed by atoms with Crippen molar-refractivity contribution in [1.82, 2.24) is 4.90 Å². The highest BCUT2D eigenvalue weighted by Gasteiger charge is 2.30. The predicted molar refractivity (Wildman–Crippen MR) is 118 cm³/mol. The van der Waals surface area contributed by atoms with Gasteiger partial charge in [0.05, 0.1) is 11.6 Å². The number of hydrogen-bond acceptors (Lipinski definition) is 4. The summed E-state index contributed by atoms with van der Waals surface area (Å²) < 4.78 is 5.81. The van der Waals surface area contributed by atoms with E-state index in [1.807, 2.05) is 30.0 Å². The molecule has 6 heteroatoms. The van der Waals surface area contributed by atoms with Crippen LogP contribution in [0.4, 0.5) is 11.4 Å². The molecule has 4 rings (SSSR count). The number of rotatable bonds is 3. The van der Waals surface area contributed by atoms with Gasteiger partial charge in [-0.2, -0.15) is 0 Å². The van der Waals surface area contributed by atoms with E-state index in [2.05, 4.69) is 42.3 Å². The van der Waals surface area contributed by atoms with Gasteiger partial charge in [0.15, 0.2) is 0 Å². The van der Waals surface area contributed by atoms with Gasteiger partial charge in [0, 0.05) is 38.3 Å². The summed E-state index contributed by atoms with van der Waals surface area (Å²) in [6.45, 7) is 9.39. The number of nitrogens with one attached hydrogen (secondary N) is 1. The molecule has 0 saturated carbocycles. The lowest BCUT2D eigenvalue weighted by Crippen LogP contribution is -2.49. The van der Waals surface area contributed by atoms with Crippen LogP contribution in [0.15, 0.2) is 36.4 Å². The summed E-state index contributed by atoms with van der Waals surface area (Å²) in [5.74, 6) is 0.0384. The van der Waals surface area contributed by atoms with Gasteiger partial charge in [0.2, 0.25) is 11.8 Å². The third-order valence-corrected chi connectivity index (χ3v) is 6.17. The molecule has 0 radical (unpaired) electrons. The summed E-state index contributed by atoms with van der Waals surface area (Å²) in [6, 6.07) is 12.1. The average molecular weight is 408 g/mol. The van der Waals surface area contributed by atoms with E-state index in [0.29, 0.717) is 24.5 Å². The fraction of sp³-hybridized carbons (Fsp3) is 0.417. The fourth-order valence-electron chi connectivity index (χ4n) is 4.13. The summed E-state index contributed by atoms with van der Waals surface area (Å²) in [5.41, 5.74) is 5.54. The van der Waals surface area contributed by atoms with Gasteiger partial charge in [0.25, 0.3) is 0 Å². The molecule has 1 saturated heterocycles. The van der Waals surface area contributed by atoms with E-state index < -0.39 is 5.92 Å². The van der Waals surface area contributed by atoms with Crippen LogP contribution in [-0.4, -0.2) is 49.5 Å². The first-order valence-electron chi connectivity index (χ1n) is 10.6. The Kier molecular flexibility index (Phi) is 5.66. The van der Waals surface area contributed by atoms with Crippen molar-refractivity contribution in [2.75, 3.05) is 43.0 Å². The number of carbonyl (C=O) groups is 2. The molecular formula is C24H29N3O3. The number of anilines is 2. The van der Waals surface area contributed by atoms with Crippen molar-refractivity contribution in [3.05, 3.63) is 53.1 Å². The lowest BCUT2D eigenvalue weighted by Gasteiger charge is -2.37. The molecule has 2 aromatic carbocycles. The maximum absolute atomic E-state index is 12.9. The van der Waals surface area contributed by atoms with Gasteiger partial charge < -0.3 is 19.9 Å². The molecule has 2 heterocycles. The Hall–Kier alpha value is -3.02. The summed E-state index contributed by atoms with van der Waals surface area (Å²) in [7, 11) is 0. The van der Waals surface area contributed by atoms with Crippen molar-refractivity contribution in [3.63, 3.8) is 0 Å². The highest BCUT2D eigenvalue weighted by atomic mass is 16.5. The molecule has 2 aromatic rings. The van der Waals surface area contributed by atoms with Crippen molar-refractivity contribution in [1.29, 1.82) is 0 Å². The van der Waals surface area contributed by atoms with Crippen LogP contribution in [0.25, 0.3) is 0 Å². The Morgan fingerprint density at radius 2 is 1.87 bits per heavy atom. The molecule has 2 aliphatic rings. The second kappa shape index (κ2) is 8.38. The summed E-state index contributed by atoms with van der Waals surface area (Å²) in [4.78, 5) is 29.7. The van der Waals surface area contributed by atoms with E-state index >= 15 is 0 Å². The van der Waals surface area contributed by atoms with Crippen LogP contribution in [0.2, 0.25) is 0 Å². The number of carbonyl (C=O) groups excluding carboxylic acids is 2. The van der Waals surface area contributed by atoms with E-state index in [9.17, 15) is 9.59 Å². The highest BCUT2D eigenvalue weighted by Crippen LogP contribution is 2.30. The molecule has 1 atom stereocenters. The molecule has 6 nitrogen and oxygen atoms in total. The molecule has 0 spiro atoms. The Morgan fingerprint density at radius 1 is 1.10 bits per heavy atom. The summed E-state index contributed by atoms with van der Waals surface area (Å²) in [6.07, 6.45) is 0.169. The zero-order valence-corrected chi connectivity index (χ0v) is 17.9. The number of amides is 2.